The van der Waals surface area contributed by atoms with Gasteiger partial charge in [0.1, 0.15) is 0 Å². The molecule has 2 amide bonds. The Morgan fingerprint density at radius 3 is 2.41 bits per heavy atom. The van der Waals surface area contributed by atoms with Gasteiger partial charge in [-0.3, -0.25) is 9.59 Å². The molecule has 0 bridgehead atoms. The molecule has 2 aromatic carbocycles. The highest BCUT2D eigenvalue weighted by Gasteiger charge is 2.34. The maximum atomic E-state index is 13.0. The summed E-state index contributed by atoms with van der Waals surface area (Å²) in [7, 11) is 0. The molecule has 1 aliphatic heterocycles. The first-order valence-corrected chi connectivity index (χ1v) is 8.91. The third-order valence-corrected chi connectivity index (χ3v) is 4.84. The van der Waals surface area contributed by atoms with E-state index in [-0.39, 0.29) is 23.6 Å². The summed E-state index contributed by atoms with van der Waals surface area (Å²) in [5, 5.41) is 0. The molecule has 1 aromatic heterocycles. The molecule has 3 aromatic rings. The fourth-order valence-corrected chi connectivity index (χ4v) is 3.64. The Morgan fingerprint density at radius 1 is 0.963 bits per heavy atom. The van der Waals surface area contributed by atoms with E-state index in [1.54, 1.807) is 28.9 Å². The lowest BCUT2D eigenvalue weighted by molar-refractivity contribution is -0.117. The van der Waals surface area contributed by atoms with Crippen molar-refractivity contribution >= 4 is 23.2 Å². The van der Waals surface area contributed by atoms with E-state index in [0.29, 0.717) is 12.2 Å². The monoisotopic (exact) mass is 360 g/mol. The lowest BCUT2D eigenvalue weighted by Gasteiger charge is -2.40. The molecule has 0 fully saturated rings. The van der Waals surface area contributed by atoms with Crippen molar-refractivity contribution in [2.45, 2.75) is 19.9 Å². The largest absolute Gasteiger partial charge is 0.459 e. The third-order valence-electron chi connectivity index (χ3n) is 4.84. The molecule has 0 saturated carbocycles. The number of benzene rings is 2. The van der Waals surface area contributed by atoms with E-state index in [1.807, 2.05) is 55.5 Å². The summed E-state index contributed by atoms with van der Waals surface area (Å²) >= 11 is 0. The number of amides is 2. The highest BCUT2D eigenvalue weighted by molar-refractivity contribution is 6.10. The lowest BCUT2D eigenvalue weighted by atomic mass is 10.0. The van der Waals surface area contributed by atoms with E-state index in [1.165, 1.54) is 6.26 Å². The van der Waals surface area contributed by atoms with Gasteiger partial charge in [-0.2, -0.15) is 0 Å². The summed E-state index contributed by atoms with van der Waals surface area (Å²) < 4.78 is 5.32. The molecule has 1 atom stereocenters. The van der Waals surface area contributed by atoms with E-state index in [0.717, 1.165) is 16.8 Å². The van der Waals surface area contributed by atoms with E-state index < -0.39 is 0 Å². The van der Waals surface area contributed by atoms with Crippen LogP contribution in [0.5, 0.6) is 0 Å². The van der Waals surface area contributed by atoms with Crippen molar-refractivity contribution in [2.75, 3.05) is 16.3 Å². The molecular weight excluding hydrogens is 340 g/mol. The van der Waals surface area contributed by atoms with Crippen molar-refractivity contribution in [1.29, 1.82) is 0 Å². The predicted molar refractivity (Wildman–Crippen MR) is 105 cm³/mol. The summed E-state index contributed by atoms with van der Waals surface area (Å²) in [6.07, 6.45) is 1.49. The molecular formula is C22H20N2O3. The maximum absolute atomic E-state index is 13.0. The van der Waals surface area contributed by atoms with Crippen LogP contribution in [-0.4, -0.2) is 24.4 Å². The number of carbonyl (C=O) groups is 2. The molecule has 0 spiro atoms. The molecule has 1 aliphatic rings. The average Bonchev–Trinajstić information content (AvgIpc) is 3.21. The van der Waals surface area contributed by atoms with Gasteiger partial charge in [-0.15, -0.1) is 0 Å². The van der Waals surface area contributed by atoms with Crippen molar-refractivity contribution < 1.29 is 14.0 Å². The van der Waals surface area contributed by atoms with Crippen LogP contribution >= 0.6 is 0 Å². The quantitative estimate of drug-likeness (QED) is 0.683. The maximum Gasteiger partial charge on any atom is 0.294 e. The Balaban J connectivity index is 1.85. The molecule has 5 nitrogen and oxygen atoms in total. The lowest BCUT2D eigenvalue weighted by Crippen LogP contribution is -2.51. The Bertz CT molecular complexity index is 980. The molecule has 136 valence electrons. The van der Waals surface area contributed by atoms with E-state index in [9.17, 15) is 9.59 Å². The topological polar surface area (TPSA) is 53.8 Å². The Hall–Kier alpha value is -3.34. The van der Waals surface area contributed by atoms with Crippen molar-refractivity contribution in [3.63, 3.8) is 0 Å². The van der Waals surface area contributed by atoms with Crippen LogP contribution in [0, 0.1) is 0 Å². The van der Waals surface area contributed by atoms with Gasteiger partial charge in [0.05, 0.1) is 23.7 Å². The van der Waals surface area contributed by atoms with Crippen LogP contribution < -0.4 is 9.80 Å². The SMILES string of the molecule is CC(=O)N1c2ccc(-c3ccccc3)cc2N(C(=O)c2ccco2)CC1C. The number of fused-ring (bicyclic) bond motifs is 1. The highest BCUT2D eigenvalue weighted by atomic mass is 16.3. The molecule has 0 radical (unpaired) electrons. The summed E-state index contributed by atoms with van der Waals surface area (Å²) in [4.78, 5) is 28.7. The second kappa shape index (κ2) is 6.76. The standard InChI is InChI=1S/C22H20N2O3/c1-15-14-23(22(26)21-9-6-12-27-21)20-13-18(17-7-4-3-5-8-17)10-11-19(20)24(15)16(2)25/h3-13,15H,14H2,1-2H3. The molecule has 0 aliphatic carbocycles. The van der Waals surface area contributed by atoms with Gasteiger partial charge < -0.3 is 14.2 Å². The van der Waals surface area contributed by atoms with Crippen molar-refractivity contribution in [3.8, 4) is 11.1 Å². The average molecular weight is 360 g/mol. The van der Waals surface area contributed by atoms with Gasteiger partial charge in [-0.1, -0.05) is 36.4 Å². The smallest absolute Gasteiger partial charge is 0.294 e. The molecule has 4 rings (SSSR count). The minimum absolute atomic E-state index is 0.0405. The Kier molecular flexibility index (Phi) is 4.28. The van der Waals surface area contributed by atoms with Crippen LogP contribution in [0.15, 0.2) is 71.3 Å². The number of hydrogen-bond acceptors (Lipinski definition) is 3. The normalized spacial score (nSPS) is 16.1. The van der Waals surface area contributed by atoms with Gasteiger partial charge in [-0.25, -0.2) is 0 Å². The second-order valence-corrected chi connectivity index (χ2v) is 6.70. The number of anilines is 2. The molecule has 27 heavy (non-hydrogen) atoms. The second-order valence-electron chi connectivity index (χ2n) is 6.70. The van der Waals surface area contributed by atoms with Crippen LogP contribution in [-0.2, 0) is 4.79 Å². The molecule has 0 N–H and O–H groups in total. The first-order valence-electron chi connectivity index (χ1n) is 8.91. The summed E-state index contributed by atoms with van der Waals surface area (Å²) in [5.74, 6) is 0.0392. The van der Waals surface area contributed by atoms with E-state index in [4.69, 9.17) is 4.42 Å². The van der Waals surface area contributed by atoms with Crippen molar-refractivity contribution in [1.82, 2.24) is 0 Å². The van der Waals surface area contributed by atoms with Crippen LogP contribution in [0.4, 0.5) is 11.4 Å². The van der Waals surface area contributed by atoms with E-state index >= 15 is 0 Å². The number of hydrogen-bond donors (Lipinski definition) is 0. The summed E-state index contributed by atoms with van der Waals surface area (Å²) in [6.45, 7) is 3.90. The first-order chi connectivity index (χ1) is 13.1. The van der Waals surface area contributed by atoms with Crippen LogP contribution in [0.1, 0.15) is 24.4 Å². The van der Waals surface area contributed by atoms with Gasteiger partial charge in [0.2, 0.25) is 5.91 Å². The van der Waals surface area contributed by atoms with Crippen LogP contribution in [0.3, 0.4) is 0 Å². The highest BCUT2D eigenvalue weighted by Crippen LogP contribution is 2.39. The van der Waals surface area contributed by atoms with Gasteiger partial charge in [0.15, 0.2) is 5.76 Å². The van der Waals surface area contributed by atoms with E-state index in [2.05, 4.69) is 0 Å². The minimum Gasteiger partial charge on any atom is -0.459 e. The molecule has 1 unspecified atom stereocenters. The summed E-state index contributed by atoms with van der Waals surface area (Å²) in [6, 6.07) is 19.1. The summed E-state index contributed by atoms with van der Waals surface area (Å²) in [5.41, 5.74) is 3.50. The minimum atomic E-state index is -0.207. The number of rotatable bonds is 2. The molecule has 2 heterocycles. The van der Waals surface area contributed by atoms with Gasteiger partial charge >= 0.3 is 0 Å². The zero-order chi connectivity index (χ0) is 19.0. The fraction of sp³-hybridized carbons (Fsp3) is 0.182. The van der Waals surface area contributed by atoms with Gasteiger partial charge in [0.25, 0.3) is 5.91 Å². The Morgan fingerprint density at radius 2 is 1.74 bits per heavy atom. The van der Waals surface area contributed by atoms with Gasteiger partial charge in [0, 0.05) is 13.5 Å². The number of nitrogens with zero attached hydrogens (tertiary/aromatic N) is 2. The molecule has 5 heteroatoms. The van der Waals surface area contributed by atoms with Crippen LogP contribution in [0.2, 0.25) is 0 Å². The number of furan rings is 1. The zero-order valence-electron chi connectivity index (χ0n) is 15.3. The third kappa shape index (κ3) is 3.01. The zero-order valence-corrected chi connectivity index (χ0v) is 15.3. The predicted octanol–water partition coefficient (Wildman–Crippen LogP) is 4.35. The fourth-order valence-electron chi connectivity index (χ4n) is 3.64. The molecule has 0 saturated heterocycles. The van der Waals surface area contributed by atoms with Crippen molar-refractivity contribution in [3.05, 3.63) is 72.7 Å². The first kappa shape index (κ1) is 17.1. The Labute approximate surface area is 157 Å². The van der Waals surface area contributed by atoms with Crippen molar-refractivity contribution in [2.24, 2.45) is 0 Å². The van der Waals surface area contributed by atoms with Gasteiger partial charge in [-0.05, 0) is 42.3 Å². The number of carbonyl (C=O) groups excluding carboxylic acids is 2. The van der Waals surface area contributed by atoms with Crippen LogP contribution in [0.25, 0.3) is 11.1 Å².